The Balaban J connectivity index is 3.63. The zero-order chi connectivity index (χ0) is 47.0. The van der Waals surface area contributed by atoms with Crippen LogP contribution >= 0.6 is 0 Å². The van der Waals surface area contributed by atoms with Crippen molar-refractivity contribution in [1.82, 2.24) is 0 Å². The summed E-state index contributed by atoms with van der Waals surface area (Å²) in [6, 6.07) is 0. The molecule has 0 fully saturated rings. The van der Waals surface area contributed by atoms with Crippen LogP contribution in [0.5, 0.6) is 0 Å². The van der Waals surface area contributed by atoms with E-state index < -0.39 is 6.10 Å². The first kappa shape index (κ1) is 61.6. The molecule has 0 amide bonds. The number of aliphatic hydroxyl groups is 1. The number of allylic oxidation sites excluding steroid dienone is 18. The molecule has 0 heterocycles. The monoisotopic (exact) mass is 901 g/mol. The van der Waals surface area contributed by atoms with E-state index in [-0.39, 0.29) is 25.2 Å². The van der Waals surface area contributed by atoms with Gasteiger partial charge in [0.25, 0.3) is 0 Å². The molecule has 0 saturated heterocycles. The zero-order valence-corrected chi connectivity index (χ0v) is 42.2. The quantitative estimate of drug-likeness (QED) is 0.0374. The van der Waals surface area contributed by atoms with E-state index in [1.165, 1.54) is 109 Å². The van der Waals surface area contributed by atoms with Gasteiger partial charge in [0.15, 0.2) is 6.10 Å². The van der Waals surface area contributed by atoms with Gasteiger partial charge in [-0.05, 0) is 83.5 Å². The van der Waals surface area contributed by atoms with Crippen LogP contribution in [0.1, 0.15) is 239 Å². The standard InChI is InChI=1S/C60H100O5/c1-3-5-7-9-11-13-15-17-19-21-23-25-26-27-28-29-30-31-32-33-34-35-37-39-41-43-45-47-49-51-53-55-60(63)65-58(56-61)57-64-59(62)54-52-50-48-46-44-42-40-38-36-24-22-20-18-16-14-12-10-8-6-4-2/h5,7,11,13,17,19,23,25,27-28,30-31,33-34,37,39,43,45,58,61H,3-4,6,8-10,12,14-16,18,20-22,24,26,29,32,35-36,38,40-42,44,46-57H2,1-2H3/b7-5-,13-11-,19-17-,25-23-,28-27-,31-30-,34-33-,39-37-,45-43-. The van der Waals surface area contributed by atoms with Crippen LogP contribution in [0.25, 0.3) is 0 Å². The summed E-state index contributed by atoms with van der Waals surface area (Å²) in [7, 11) is 0. The molecule has 1 N–H and O–H groups in total. The van der Waals surface area contributed by atoms with Crippen molar-refractivity contribution >= 4 is 11.9 Å². The molecule has 0 spiro atoms. The molecule has 0 saturated carbocycles. The van der Waals surface area contributed by atoms with Crippen LogP contribution in [0, 0.1) is 0 Å². The third-order valence-corrected chi connectivity index (χ3v) is 11.3. The predicted octanol–water partition coefficient (Wildman–Crippen LogP) is 18.1. The van der Waals surface area contributed by atoms with Gasteiger partial charge in [-0.1, -0.05) is 252 Å². The molecule has 1 atom stereocenters. The van der Waals surface area contributed by atoms with Gasteiger partial charge in [-0.25, -0.2) is 0 Å². The molecule has 5 nitrogen and oxygen atoms in total. The Kier molecular flexibility index (Phi) is 52.0. The predicted molar refractivity (Wildman–Crippen MR) is 283 cm³/mol. The minimum Gasteiger partial charge on any atom is -0.462 e. The second-order valence-electron chi connectivity index (χ2n) is 17.6. The van der Waals surface area contributed by atoms with Gasteiger partial charge in [0.2, 0.25) is 0 Å². The molecule has 1 unspecified atom stereocenters. The van der Waals surface area contributed by atoms with Gasteiger partial charge in [0.1, 0.15) is 6.61 Å². The number of unbranched alkanes of at least 4 members (excludes halogenated alkanes) is 22. The van der Waals surface area contributed by atoms with E-state index >= 15 is 0 Å². The highest BCUT2D eigenvalue weighted by Gasteiger charge is 2.16. The molecular formula is C60H100O5. The molecule has 65 heavy (non-hydrogen) atoms. The van der Waals surface area contributed by atoms with E-state index in [4.69, 9.17) is 9.47 Å². The first-order valence-corrected chi connectivity index (χ1v) is 26.9. The number of hydrogen-bond donors (Lipinski definition) is 1. The Morgan fingerprint density at radius 2 is 0.662 bits per heavy atom. The number of ether oxygens (including phenoxy) is 2. The van der Waals surface area contributed by atoms with Gasteiger partial charge in [-0.15, -0.1) is 0 Å². The maximum absolute atomic E-state index is 12.3. The largest absolute Gasteiger partial charge is 0.462 e. The van der Waals surface area contributed by atoms with Crippen LogP contribution in [-0.2, 0) is 19.1 Å². The van der Waals surface area contributed by atoms with Crippen LogP contribution in [0.15, 0.2) is 109 Å². The average Bonchev–Trinajstić information content (AvgIpc) is 3.31. The van der Waals surface area contributed by atoms with Gasteiger partial charge in [0, 0.05) is 12.8 Å². The number of hydrogen-bond acceptors (Lipinski definition) is 5. The molecule has 0 aromatic carbocycles. The van der Waals surface area contributed by atoms with E-state index in [9.17, 15) is 14.7 Å². The van der Waals surface area contributed by atoms with Crippen molar-refractivity contribution in [3.05, 3.63) is 109 Å². The maximum Gasteiger partial charge on any atom is 0.306 e. The Morgan fingerprint density at radius 1 is 0.369 bits per heavy atom. The van der Waals surface area contributed by atoms with Crippen molar-refractivity contribution in [2.45, 2.75) is 245 Å². The molecule has 0 aliphatic carbocycles. The fourth-order valence-electron chi connectivity index (χ4n) is 7.31. The molecule has 0 aromatic rings. The number of rotatable bonds is 48. The third-order valence-electron chi connectivity index (χ3n) is 11.3. The molecule has 0 aliphatic rings. The summed E-state index contributed by atoms with van der Waals surface area (Å²) in [5, 5.41) is 9.63. The number of carbonyl (C=O) groups is 2. The molecule has 0 aliphatic heterocycles. The molecule has 370 valence electrons. The highest BCUT2D eigenvalue weighted by molar-refractivity contribution is 5.70. The fraction of sp³-hybridized carbons (Fsp3) is 0.667. The van der Waals surface area contributed by atoms with Gasteiger partial charge in [-0.2, -0.15) is 0 Å². The molecule has 0 bridgehead atoms. The Morgan fingerprint density at radius 3 is 1.00 bits per heavy atom. The molecule has 0 aromatic heterocycles. The van der Waals surface area contributed by atoms with Gasteiger partial charge in [0.05, 0.1) is 6.61 Å². The van der Waals surface area contributed by atoms with Crippen molar-refractivity contribution in [3.63, 3.8) is 0 Å². The summed E-state index contributed by atoms with van der Waals surface area (Å²) < 4.78 is 10.7. The van der Waals surface area contributed by atoms with Crippen molar-refractivity contribution in [1.29, 1.82) is 0 Å². The first-order chi connectivity index (χ1) is 32.1. The summed E-state index contributed by atoms with van der Waals surface area (Å²) in [5.41, 5.74) is 0. The summed E-state index contributed by atoms with van der Waals surface area (Å²) in [4.78, 5) is 24.5. The van der Waals surface area contributed by atoms with Gasteiger partial charge in [-0.3, -0.25) is 9.59 Å². The van der Waals surface area contributed by atoms with Crippen LogP contribution in [0.2, 0.25) is 0 Å². The second kappa shape index (κ2) is 54.9. The minimum absolute atomic E-state index is 0.0832. The fourth-order valence-corrected chi connectivity index (χ4v) is 7.31. The molecular weight excluding hydrogens is 801 g/mol. The second-order valence-corrected chi connectivity index (χ2v) is 17.6. The van der Waals surface area contributed by atoms with Crippen LogP contribution in [0.3, 0.4) is 0 Å². The van der Waals surface area contributed by atoms with Crippen molar-refractivity contribution < 1.29 is 24.2 Å². The third kappa shape index (κ3) is 53.1. The normalized spacial score (nSPS) is 13.1. The van der Waals surface area contributed by atoms with Crippen molar-refractivity contribution in [2.24, 2.45) is 0 Å². The van der Waals surface area contributed by atoms with Crippen molar-refractivity contribution in [3.8, 4) is 0 Å². The molecule has 0 radical (unpaired) electrons. The SMILES string of the molecule is CC/C=C\C/C=C\C/C=C\C/C=C\C/C=C\C/C=C\C/C=C\C/C=C\C/C=C\CCCCCC(=O)OC(CO)COC(=O)CCCCCCCCCCCCCCCCCCCCCC. The maximum atomic E-state index is 12.3. The highest BCUT2D eigenvalue weighted by atomic mass is 16.6. The summed E-state index contributed by atoms with van der Waals surface area (Å²) in [5.74, 6) is -0.628. The topological polar surface area (TPSA) is 72.8 Å². The van der Waals surface area contributed by atoms with Crippen molar-refractivity contribution in [2.75, 3.05) is 13.2 Å². The lowest BCUT2D eigenvalue weighted by molar-refractivity contribution is -0.161. The summed E-state index contributed by atoms with van der Waals surface area (Å²) in [6.45, 7) is 4.01. The van der Waals surface area contributed by atoms with E-state index in [1.54, 1.807) is 0 Å². The van der Waals surface area contributed by atoms with Crippen LogP contribution in [0.4, 0.5) is 0 Å². The molecule has 5 heteroatoms. The lowest BCUT2D eigenvalue weighted by Crippen LogP contribution is -2.28. The van der Waals surface area contributed by atoms with E-state index in [0.29, 0.717) is 12.8 Å². The van der Waals surface area contributed by atoms with E-state index in [2.05, 4.69) is 123 Å². The van der Waals surface area contributed by atoms with E-state index in [1.807, 2.05) is 0 Å². The number of carbonyl (C=O) groups excluding carboxylic acids is 2. The van der Waals surface area contributed by atoms with Crippen LogP contribution < -0.4 is 0 Å². The number of esters is 2. The number of aliphatic hydroxyl groups excluding tert-OH is 1. The zero-order valence-electron chi connectivity index (χ0n) is 42.2. The smallest absolute Gasteiger partial charge is 0.306 e. The van der Waals surface area contributed by atoms with E-state index in [0.717, 1.165) is 103 Å². The Labute approximate surface area is 401 Å². The summed E-state index contributed by atoms with van der Waals surface area (Å²) >= 11 is 0. The Hall–Kier alpha value is -3.44. The average molecular weight is 901 g/mol. The lowest BCUT2D eigenvalue weighted by atomic mass is 10.0. The van der Waals surface area contributed by atoms with Gasteiger partial charge < -0.3 is 14.6 Å². The van der Waals surface area contributed by atoms with Gasteiger partial charge >= 0.3 is 11.9 Å². The minimum atomic E-state index is -0.796. The Bertz CT molecular complexity index is 1290. The summed E-state index contributed by atoms with van der Waals surface area (Å²) in [6.07, 6.45) is 79.0. The highest BCUT2D eigenvalue weighted by Crippen LogP contribution is 2.16. The molecule has 0 rings (SSSR count). The lowest BCUT2D eigenvalue weighted by Gasteiger charge is -2.15. The van der Waals surface area contributed by atoms with Crippen LogP contribution in [-0.4, -0.2) is 36.4 Å². The first-order valence-electron chi connectivity index (χ1n) is 26.9.